The Morgan fingerprint density at radius 1 is 1.48 bits per heavy atom. The first-order chi connectivity index (χ1) is 11.8. The van der Waals surface area contributed by atoms with Crippen LogP contribution in [0.2, 0.25) is 5.02 Å². The van der Waals surface area contributed by atoms with Gasteiger partial charge in [-0.1, -0.05) is 17.7 Å². The van der Waals surface area contributed by atoms with E-state index in [0.717, 1.165) is 12.0 Å². The van der Waals surface area contributed by atoms with Crippen LogP contribution in [-0.2, 0) is 19.1 Å². The Kier molecular flexibility index (Phi) is 4.97. The largest absolute Gasteiger partial charge is 0.454 e. The molecule has 0 aliphatic carbocycles. The van der Waals surface area contributed by atoms with E-state index in [2.05, 4.69) is 5.32 Å². The van der Waals surface area contributed by atoms with Crippen LogP contribution in [0, 0.1) is 6.92 Å². The number of carbonyl (C=O) groups excluding carboxylic acids is 3. The Balaban J connectivity index is 1.56. The molecule has 0 radical (unpaired) electrons. The van der Waals surface area contributed by atoms with Crippen molar-refractivity contribution in [1.29, 1.82) is 0 Å². The molecule has 0 saturated carbocycles. The number of hydrogen-bond acceptors (Lipinski definition) is 5. The van der Waals surface area contributed by atoms with Crippen molar-refractivity contribution in [1.82, 2.24) is 4.90 Å². The highest BCUT2D eigenvalue weighted by Crippen LogP contribution is 2.47. The van der Waals surface area contributed by atoms with E-state index >= 15 is 0 Å². The number of nitrogens with zero attached hydrogens (tertiary/aromatic N) is 1. The van der Waals surface area contributed by atoms with E-state index in [1.807, 2.05) is 6.92 Å². The summed E-state index contributed by atoms with van der Waals surface area (Å²) in [5.41, 5.74) is 1.32. The predicted octanol–water partition coefficient (Wildman–Crippen LogP) is 2.58. The Morgan fingerprint density at radius 2 is 2.24 bits per heavy atom. The molecule has 0 bridgehead atoms. The van der Waals surface area contributed by atoms with Crippen molar-refractivity contribution in [2.75, 3.05) is 17.7 Å². The molecule has 134 valence electrons. The summed E-state index contributed by atoms with van der Waals surface area (Å²) in [6.45, 7) is 3.36. The van der Waals surface area contributed by atoms with Crippen LogP contribution in [0.25, 0.3) is 0 Å². The monoisotopic (exact) mass is 382 g/mol. The molecule has 1 aromatic rings. The normalized spacial score (nSPS) is 25.0. The summed E-state index contributed by atoms with van der Waals surface area (Å²) in [5.74, 6) is -0.520. The first-order valence-corrected chi connectivity index (χ1v) is 9.36. The van der Waals surface area contributed by atoms with Crippen molar-refractivity contribution in [3.63, 3.8) is 0 Å². The van der Waals surface area contributed by atoms with Gasteiger partial charge >= 0.3 is 5.97 Å². The highest BCUT2D eigenvalue weighted by molar-refractivity contribution is 8.01. The van der Waals surface area contributed by atoms with E-state index in [4.69, 9.17) is 16.3 Å². The van der Waals surface area contributed by atoms with Gasteiger partial charge < -0.3 is 15.0 Å². The minimum absolute atomic E-state index is 0.0338. The number of nitrogens with one attached hydrogen (secondary N) is 1. The summed E-state index contributed by atoms with van der Waals surface area (Å²) < 4.78 is 5.14. The molecule has 25 heavy (non-hydrogen) atoms. The molecule has 2 aliphatic heterocycles. The number of rotatable bonds is 4. The zero-order valence-corrected chi connectivity index (χ0v) is 15.6. The molecule has 1 N–H and O–H groups in total. The van der Waals surface area contributed by atoms with Gasteiger partial charge in [-0.2, -0.15) is 0 Å². The van der Waals surface area contributed by atoms with Gasteiger partial charge in [0.15, 0.2) is 6.61 Å². The van der Waals surface area contributed by atoms with Crippen molar-refractivity contribution in [2.45, 2.75) is 37.6 Å². The van der Waals surface area contributed by atoms with Crippen LogP contribution in [0.15, 0.2) is 18.2 Å². The van der Waals surface area contributed by atoms with E-state index in [-0.39, 0.29) is 10.8 Å². The van der Waals surface area contributed by atoms with Gasteiger partial charge in [0, 0.05) is 22.9 Å². The minimum atomic E-state index is -0.620. The van der Waals surface area contributed by atoms with Gasteiger partial charge in [-0.3, -0.25) is 9.59 Å². The van der Waals surface area contributed by atoms with E-state index in [1.54, 1.807) is 41.8 Å². The lowest BCUT2D eigenvalue weighted by Crippen LogP contribution is -2.47. The SMILES string of the molecule is Cc1c(Cl)cccc1NC(=O)COC(=O)[C@@H]1CS[C@@]2(C)CCC(=O)N12. The topological polar surface area (TPSA) is 75.7 Å². The summed E-state index contributed by atoms with van der Waals surface area (Å²) in [7, 11) is 0. The maximum absolute atomic E-state index is 12.3. The van der Waals surface area contributed by atoms with Crippen LogP contribution >= 0.6 is 23.4 Å². The van der Waals surface area contributed by atoms with Crippen LogP contribution in [-0.4, -0.2) is 46.0 Å². The minimum Gasteiger partial charge on any atom is -0.454 e. The fourth-order valence-corrected chi connectivity index (χ4v) is 4.75. The quantitative estimate of drug-likeness (QED) is 0.810. The molecule has 0 aromatic heterocycles. The van der Waals surface area contributed by atoms with Gasteiger partial charge in [0.2, 0.25) is 5.91 Å². The summed E-state index contributed by atoms with van der Waals surface area (Å²) in [6.07, 6.45) is 1.18. The van der Waals surface area contributed by atoms with Crippen LogP contribution in [0.3, 0.4) is 0 Å². The summed E-state index contributed by atoms with van der Waals surface area (Å²) >= 11 is 7.60. The lowest BCUT2D eigenvalue weighted by atomic mass is 10.2. The third kappa shape index (κ3) is 3.48. The van der Waals surface area contributed by atoms with Crippen molar-refractivity contribution >= 4 is 46.8 Å². The number of benzene rings is 1. The van der Waals surface area contributed by atoms with Crippen LogP contribution < -0.4 is 5.32 Å². The number of carbonyl (C=O) groups is 3. The Hall–Kier alpha value is -1.73. The van der Waals surface area contributed by atoms with E-state index in [0.29, 0.717) is 22.9 Å². The third-order valence-electron chi connectivity index (χ3n) is 4.60. The van der Waals surface area contributed by atoms with E-state index in [9.17, 15) is 14.4 Å². The number of halogens is 1. The smallest absolute Gasteiger partial charge is 0.330 e. The molecule has 3 rings (SSSR count). The zero-order valence-electron chi connectivity index (χ0n) is 14.0. The number of fused-ring (bicyclic) bond motifs is 1. The molecule has 0 spiro atoms. The average Bonchev–Trinajstić information content (AvgIpc) is 3.06. The Morgan fingerprint density at radius 3 is 3.00 bits per heavy atom. The second-order valence-corrected chi connectivity index (χ2v) is 8.24. The number of hydrogen-bond donors (Lipinski definition) is 1. The third-order valence-corrected chi connectivity index (χ3v) is 6.52. The fraction of sp³-hybridized carbons (Fsp3) is 0.471. The second-order valence-electron chi connectivity index (χ2n) is 6.33. The van der Waals surface area contributed by atoms with Gasteiger partial charge in [-0.05, 0) is 38.0 Å². The average molecular weight is 383 g/mol. The number of thioether (sulfide) groups is 1. The van der Waals surface area contributed by atoms with Crippen molar-refractivity contribution in [2.24, 2.45) is 0 Å². The van der Waals surface area contributed by atoms with Crippen LogP contribution in [0.1, 0.15) is 25.3 Å². The number of anilines is 1. The van der Waals surface area contributed by atoms with E-state index < -0.39 is 24.5 Å². The molecule has 0 unspecified atom stereocenters. The molecule has 8 heteroatoms. The lowest BCUT2D eigenvalue weighted by molar-refractivity contribution is -0.155. The second kappa shape index (κ2) is 6.88. The highest BCUT2D eigenvalue weighted by Gasteiger charge is 2.53. The molecule has 2 aliphatic rings. The number of esters is 1. The molecule has 2 amide bonds. The number of amides is 2. The first kappa shape index (κ1) is 18.1. The van der Waals surface area contributed by atoms with E-state index in [1.165, 1.54) is 0 Å². The van der Waals surface area contributed by atoms with Crippen molar-refractivity contribution in [3.05, 3.63) is 28.8 Å². The predicted molar refractivity (Wildman–Crippen MR) is 96.5 cm³/mol. The van der Waals surface area contributed by atoms with Gasteiger partial charge in [0.25, 0.3) is 5.91 Å². The van der Waals surface area contributed by atoms with Gasteiger partial charge in [-0.15, -0.1) is 11.8 Å². The number of ether oxygens (including phenoxy) is 1. The van der Waals surface area contributed by atoms with Gasteiger partial charge in [0.05, 0.1) is 4.87 Å². The Labute approximate surface area is 155 Å². The summed E-state index contributed by atoms with van der Waals surface area (Å²) in [6, 6.07) is 4.56. The molecule has 2 atom stereocenters. The van der Waals surface area contributed by atoms with Gasteiger partial charge in [0.1, 0.15) is 6.04 Å². The van der Waals surface area contributed by atoms with Crippen molar-refractivity contribution < 1.29 is 19.1 Å². The van der Waals surface area contributed by atoms with Crippen molar-refractivity contribution in [3.8, 4) is 0 Å². The zero-order chi connectivity index (χ0) is 18.2. The summed E-state index contributed by atoms with van der Waals surface area (Å²) in [4.78, 5) is 37.7. The molecule has 2 fully saturated rings. The van der Waals surface area contributed by atoms with Crippen LogP contribution in [0.5, 0.6) is 0 Å². The van der Waals surface area contributed by atoms with Crippen LogP contribution in [0.4, 0.5) is 5.69 Å². The molecule has 1 aromatic carbocycles. The fourth-order valence-electron chi connectivity index (χ4n) is 3.16. The molecule has 2 heterocycles. The molecular weight excluding hydrogens is 364 g/mol. The van der Waals surface area contributed by atoms with Gasteiger partial charge in [-0.25, -0.2) is 4.79 Å². The highest BCUT2D eigenvalue weighted by atomic mass is 35.5. The molecule has 6 nitrogen and oxygen atoms in total. The molecule has 2 saturated heterocycles. The maximum Gasteiger partial charge on any atom is 0.330 e. The summed E-state index contributed by atoms with van der Waals surface area (Å²) in [5, 5.41) is 3.22. The molecular formula is C17H19ClN2O4S. The first-order valence-electron chi connectivity index (χ1n) is 7.99. The Bertz CT molecular complexity index is 741. The maximum atomic E-state index is 12.3. The lowest BCUT2D eigenvalue weighted by Gasteiger charge is -2.29. The standard InChI is InChI=1S/C17H19ClN2O4S/c1-10-11(18)4-3-5-12(10)19-14(21)8-24-16(23)13-9-25-17(2)7-6-15(22)20(13)17/h3-5,13H,6-9H2,1-2H3,(H,19,21)/t13-,17-/m0/s1.